The summed E-state index contributed by atoms with van der Waals surface area (Å²) in [6, 6.07) is 0. The predicted octanol–water partition coefficient (Wildman–Crippen LogP) is 0.711. The molecule has 5 heteroatoms. The topological polar surface area (TPSA) is 30.9 Å². The second kappa shape index (κ2) is 3.90. The van der Waals surface area contributed by atoms with Crippen molar-refractivity contribution in [1.29, 1.82) is 0 Å². The quantitative estimate of drug-likeness (QED) is 0.559. The maximum atomic E-state index is 5.87. The molecular weight excluding hydrogens is 198 g/mol. The first kappa shape index (κ1) is 10.6. The van der Waals surface area contributed by atoms with E-state index >= 15 is 0 Å². The van der Waals surface area contributed by atoms with Crippen LogP contribution < -0.4 is 0 Å². The molecule has 82 valence electrons. The average Bonchev–Trinajstić information content (AvgIpc) is 1.96. The normalized spacial score (nSPS) is 49.5. The average molecular weight is 217 g/mol. The Hall–Kier alpha value is 0.0569. The summed E-state index contributed by atoms with van der Waals surface area (Å²) in [7, 11) is -2.33. The number of fused-ring (bicyclic) bond motifs is 6. The van der Waals surface area contributed by atoms with Crippen molar-refractivity contribution in [3.05, 3.63) is 0 Å². The van der Waals surface area contributed by atoms with Crippen molar-refractivity contribution in [3.63, 3.8) is 0 Å². The Morgan fingerprint density at radius 2 is 1.71 bits per heavy atom. The third-order valence-corrected chi connectivity index (χ3v) is 5.02. The Bertz CT molecular complexity index is 200. The van der Waals surface area contributed by atoms with Crippen molar-refractivity contribution >= 4 is 8.80 Å². The molecule has 0 aromatic carbocycles. The van der Waals surface area contributed by atoms with Gasteiger partial charge in [-0.25, -0.2) is 0 Å². The molecule has 3 saturated heterocycles. The third-order valence-electron chi connectivity index (χ3n) is 2.63. The van der Waals surface area contributed by atoms with Crippen LogP contribution in [0.25, 0.3) is 0 Å². The predicted molar refractivity (Wildman–Crippen MR) is 55.1 cm³/mol. The van der Waals surface area contributed by atoms with Gasteiger partial charge in [-0.05, 0) is 13.8 Å². The molecule has 3 heterocycles. The lowest BCUT2D eigenvalue weighted by molar-refractivity contribution is -0.0547. The molecule has 14 heavy (non-hydrogen) atoms. The minimum atomic E-state index is -2.33. The van der Waals surface area contributed by atoms with E-state index in [9.17, 15) is 0 Å². The summed E-state index contributed by atoms with van der Waals surface area (Å²) in [5.41, 5.74) is 0. The van der Waals surface area contributed by atoms with Gasteiger partial charge in [-0.2, -0.15) is 0 Å². The zero-order chi connectivity index (χ0) is 10.2. The van der Waals surface area contributed by atoms with Gasteiger partial charge < -0.3 is 13.3 Å². The highest BCUT2D eigenvalue weighted by Crippen LogP contribution is 2.21. The highest BCUT2D eigenvalue weighted by molar-refractivity contribution is 6.59. The van der Waals surface area contributed by atoms with E-state index in [1.807, 2.05) is 6.55 Å². The van der Waals surface area contributed by atoms with E-state index in [-0.39, 0.29) is 12.2 Å². The van der Waals surface area contributed by atoms with E-state index in [4.69, 9.17) is 13.3 Å². The molecule has 2 bridgehead atoms. The molecule has 3 fully saturated rings. The minimum Gasteiger partial charge on any atom is -0.372 e. The van der Waals surface area contributed by atoms with Crippen molar-refractivity contribution in [2.24, 2.45) is 0 Å². The maximum Gasteiger partial charge on any atom is 0.498 e. The second-order valence-electron chi connectivity index (χ2n) is 4.33. The van der Waals surface area contributed by atoms with E-state index in [0.717, 1.165) is 26.2 Å². The fourth-order valence-corrected chi connectivity index (χ4v) is 4.51. The van der Waals surface area contributed by atoms with Crippen LogP contribution in [0.15, 0.2) is 0 Å². The Kier molecular flexibility index (Phi) is 2.95. The SMILES string of the molecule is CC1CN2CCO[Si](C)(O1)OC(C)C2. The van der Waals surface area contributed by atoms with Crippen molar-refractivity contribution in [2.45, 2.75) is 32.6 Å². The van der Waals surface area contributed by atoms with Crippen LogP contribution in [0.1, 0.15) is 13.8 Å². The van der Waals surface area contributed by atoms with Crippen molar-refractivity contribution in [1.82, 2.24) is 4.90 Å². The fraction of sp³-hybridized carbons (Fsp3) is 1.00. The molecule has 3 rings (SSSR count). The summed E-state index contributed by atoms with van der Waals surface area (Å²) in [6.45, 7) is 9.92. The van der Waals surface area contributed by atoms with Crippen LogP contribution in [0.4, 0.5) is 0 Å². The lowest BCUT2D eigenvalue weighted by atomic mass is 10.3. The number of rotatable bonds is 0. The molecule has 2 atom stereocenters. The van der Waals surface area contributed by atoms with Crippen LogP contribution in [0.5, 0.6) is 0 Å². The first-order valence-electron chi connectivity index (χ1n) is 5.29. The molecule has 0 radical (unpaired) electrons. The van der Waals surface area contributed by atoms with Gasteiger partial charge in [0.15, 0.2) is 0 Å². The third kappa shape index (κ3) is 2.35. The lowest BCUT2D eigenvalue weighted by Crippen LogP contribution is -2.57. The molecule has 2 unspecified atom stereocenters. The Labute approximate surface area is 86.5 Å². The van der Waals surface area contributed by atoms with Crippen molar-refractivity contribution < 1.29 is 13.3 Å². The van der Waals surface area contributed by atoms with E-state index in [0.29, 0.717) is 0 Å². The van der Waals surface area contributed by atoms with Crippen LogP contribution in [0.3, 0.4) is 0 Å². The van der Waals surface area contributed by atoms with Crippen LogP contribution in [0, 0.1) is 0 Å². The van der Waals surface area contributed by atoms with Crippen LogP contribution in [-0.2, 0) is 13.3 Å². The Morgan fingerprint density at radius 1 is 1.14 bits per heavy atom. The van der Waals surface area contributed by atoms with Crippen LogP contribution >= 0.6 is 0 Å². The lowest BCUT2D eigenvalue weighted by Gasteiger charge is -2.41. The van der Waals surface area contributed by atoms with Gasteiger partial charge in [0, 0.05) is 26.2 Å². The molecule has 4 nitrogen and oxygen atoms in total. The number of hydrogen-bond donors (Lipinski definition) is 0. The summed E-state index contributed by atoms with van der Waals surface area (Å²) in [5.74, 6) is 0. The first-order valence-corrected chi connectivity index (χ1v) is 7.52. The monoisotopic (exact) mass is 217 g/mol. The zero-order valence-electron chi connectivity index (χ0n) is 9.16. The van der Waals surface area contributed by atoms with Gasteiger partial charge in [-0.3, -0.25) is 4.90 Å². The fourth-order valence-electron chi connectivity index (χ4n) is 2.25. The molecule has 0 aromatic heterocycles. The van der Waals surface area contributed by atoms with Crippen LogP contribution in [-0.4, -0.2) is 52.2 Å². The Morgan fingerprint density at radius 3 is 2.29 bits per heavy atom. The van der Waals surface area contributed by atoms with Gasteiger partial charge in [-0.15, -0.1) is 0 Å². The number of nitrogens with zero attached hydrogens (tertiary/aromatic N) is 1. The summed E-state index contributed by atoms with van der Waals surface area (Å²) in [4.78, 5) is 2.35. The molecule has 0 spiro atoms. The van der Waals surface area contributed by atoms with Gasteiger partial charge in [0.05, 0.1) is 18.8 Å². The second-order valence-corrected chi connectivity index (χ2v) is 6.81. The highest BCUT2D eigenvalue weighted by Gasteiger charge is 2.42. The van der Waals surface area contributed by atoms with Crippen molar-refractivity contribution in [3.8, 4) is 0 Å². The summed E-state index contributed by atoms with van der Waals surface area (Å²) in [6.07, 6.45) is 0.443. The Balaban J connectivity index is 2.16. The first-order chi connectivity index (χ1) is 6.57. The van der Waals surface area contributed by atoms with Crippen LogP contribution in [0.2, 0.25) is 6.55 Å². The molecule has 0 N–H and O–H groups in total. The van der Waals surface area contributed by atoms with Gasteiger partial charge in [0.1, 0.15) is 0 Å². The molecule has 0 saturated carbocycles. The van der Waals surface area contributed by atoms with E-state index < -0.39 is 8.80 Å². The molecule has 3 aliphatic rings. The van der Waals surface area contributed by atoms with E-state index in [1.165, 1.54) is 0 Å². The molecular formula is C9H19NO3Si. The van der Waals surface area contributed by atoms with Gasteiger partial charge in [-0.1, -0.05) is 0 Å². The molecule has 0 aliphatic carbocycles. The molecule has 3 aliphatic heterocycles. The summed E-state index contributed by atoms with van der Waals surface area (Å²) >= 11 is 0. The van der Waals surface area contributed by atoms with E-state index in [2.05, 4.69) is 18.7 Å². The minimum absolute atomic E-state index is 0.222. The summed E-state index contributed by atoms with van der Waals surface area (Å²) < 4.78 is 17.5. The zero-order valence-corrected chi connectivity index (χ0v) is 10.2. The molecule has 0 aromatic rings. The summed E-state index contributed by atoms with van der Waals surface area (Å²) in [5, 5.41) is 0. The van der Waals surface area contributed by atoms with E-state index in [1.54, 1.807) is 0 Å². The largest absolute Gasteiger partial charge is 0.498 e. The highest BCUT2D eigenvalue weighted by atomic mass is 28.4. The molecule has 0 amide bonds. The van der Waals surface area contributed by atoms with Gasteiger partial charge >= 0.3 is 8.80 Å². The number of hydrogen-bond acceptors (Lipinski definition) is 4. The van der Waals surface area contributed by atoms with Gasteiger partial charge in [0.25, 0.3) is 0 Å². The maximum absolute atomic E-state index is 5.87. The standard InChI is InChI=1S/C9H19NO3Si/c1-8-6-10-4-5-11-14(3,12-8)13-9(2)7-10/h8-9H,4-7H2,1-3H3. The smallest absolute Gasteiger partial charge is 0.372 e. The van der Waals surface area contributed by atoms with Crippen molar-refractivity contribution in [2.75, 3.05) is 26.2 Å². The van der Waals surface area contributed by atoms with Gasteiger partial charge in [0.2, 0.25) is 0 Å².